The highest BCUT2D eigenvalue weighted by Gasteiger charge is 2.31. The van der Waals surface area contributed by atoms with E-state index in [1.54, 1.807) is 0 Å². The number of aromatic nitrogens is 1. The Kier molecular flexibility index (Phi) is 4.90. The van der Waals surface area contributed by atoms with Gasteiger partial charge in [0.2, 0.25) is 5.91 Å². The van der Waals surface area contributed by atoms with Crippen LogP contribution in [0.2, 0.25) is 0 Å². The van der Waals surface area contributed by atoms with E-state index in [1.165, 1.54) is 18.4 Å². The minimum Gasteiger partial charge on any atom is -0.353 e. The molecule has 1 N–H and O–H groups in total. The standard InChI is InChI=1S/C23H28N2O2/c1-15(18-11-12-18)24-22(27)13-19-16(2)25(14-17-7-4-3-5-8-17)20-9-6-10-21(26)23(19)20/h3-5,7-8,15,18H,6,9-14H2,1-2H3,(H,24,27)/t15-/m0/s1. The van der Waals surface area contributed by atoms with Crippen molar-refractivity contribution in [2.24, 2.45) is 5.92 Å². The van der Waals surface area contributed by atoms with Crippen LogP contribution in [0.1, 0.15) is 65.5 Å². The Hall–Kier alpha value is -2.36. The molecular weight excluding hydrogens is 336 g/mol. The average molecular weight is 364 g/mol. The molecule has 1 amide bonds. The molecule has 0 aliphatic heterocycles. The normalized spacial score (nSPS) is 17.5. The van der Waals surface area contributed by atoms with E-state index < -0.39 is 0 Å². The van der Waals surface area contributed by atoms with Gasteiger partial charge in [0.15, 0.2) is 5.78 Å². The molecule has 1 saturated carbocycles. The molecule has 1 aromatic carbocycles. The molecule has 0 radical (unpaired) electrons. The molecule has 2 aromatic rings. The summed E-state index contributed by atoms with van der Waals surface area (Å²) in [5.41, 5.74) is 5.16. The van der Waals surface area contributed by atoms with Gasteiger partial charge < -0.3 is 9.88 Å². The van der Waals surface area contributed by atoms with Crippen LogP contribution in [0.4, 0.5) is 0 Å². The lowest BCUT2D eigenvalue weighted by Crippen LogP contribution is -2.35. The maximum absolute atomic E-state index is 12.7. The second kappa shape index (κ2) is 7.34. The highest BCUT2D eigenvalue weighted by atomic mass is 16.1. The van der Waals surface area contributed by atoms with Gasteiger partial charge in [0.05, 0.1) is 6.42 Å². The lowest BCUT2D eigenvalue weighted by molar-refractivity contribution is -0.121. The van der Waals surface area contributed by atoms with Crippen molar-refractivity contribution in [1.29, 1.82) is 0 Å². The average Bonchev–Trinajstić information content (AvgIpc) is 3.47. The van der Waals surface area contributed by atoms with Gasteiger partial charge in [-0.3, -0.25) is 9.59 Å². The third-order valence-electron chi connectivity index (χ3n) is 6.09. The Labute approximate surface area is 161 Å². The highest BCUT2D eigenvalue weighted by Crippen LogP contribution is 2.33. The summed E-state index contributed by atoms with van der Waals surface area (Å²) >= 11 is 0. The van der Waals surface area contributed by atoms with Crippen LogP contribution in [0, 0.1) is 12.8 Å². The fourth-order valence-corrected chi connectivity index (χ4v) is 4.36. The van der Waals surface area contributed by atoms with Gasteiger partial charge >= 0.3 is 0 Å². The maximum Gasteiger partial charge on any atom is 0.224 e. The minimum atomic E-state index is 0.0375. The first-order chi connectivity index (χ1) is 13.0. The number of rotatable bonds is 6. The van der Waals surface area contributed by atoms with Crippen molar-refractivity contribution in [2.75, 3.05) is 0 Å². The van der Waals surface area contributed by atoms with Gasteiger partial charge in [-0.25, -0.2) is 0 Å². The third kappa shape index (κ3) is 3.71. The quantitative estimate of drug-likeness (QED) is 0.847. The molecule has 2 aliphatic carbocycles. The van der Waals surface area contributed by atoms with Gasteiger partial charge in [-0.1, -0.05) is 30.3 Å². The number of carbonyl (C=O) groups is 2. The van der Waals surface area contributed by atoms with Gasteiger partial charge in [-0.2, -0.15) is 0 Å². The molecule has 1 heterocycles. The van der Waals surface area contributed by atoms with Crippen LogP contribution in [0.25, 0.3) is 0 Å². The zero-order valence-corrected chi connectivity index (χ0v) is 16.3. The van der Waals surface area contributed by atoms with Crippen molar-refractivity contribution in [1.82, 2.24) is 9.88 Å². The molecule has 1 fully saturated rings. The fourth-order valence-electron chi connectivity index (χ4n) is 4.36. The lowest BCUT2D eigenvalue weighted by Gasteiger charge is -2.16. The largest absolute Gasteiger partial charge is 0.353 e. The van der Waals surface area contributed by atoms with Crippen LogP contribution in [0.3, 0.4) is 0 Å². The number of benzene rings is 1. The second-order valence-electron chi connectivity index (χ2n) is 8.10. The van der Waals surface area contributed by atoms with E-state index in [-0.39, 0.29) is 17.7 Å². The minimum absolute atomic E-state index is 0.0375. The maximum atomic E-state index is 12.7. The molecule has 4 heteroatoms. The van der Waals surface area contributed by atoms with Gasteiger partial charge in [-0.15, -0.1) is 0 Å². The molecule has 2 aliphatic rings. The number of Topliss-reactive ketones (excluding diaryl/α,β-unsaturated/α-hetero) is 1. The van der Waals surface area contributed by atoms with Crippen molar-refractivity contribution in [3.05, 3.63) is 58.4 Å². The number of amides is 1. The Bertz CT molecular complexity index is 862. The van der Waals surface area contributed by atoms with E-state index in [1.807, 2.05) is 18.2 Å². The van der Waals surface area contributed by atoms with Crippen molar-refractivity contribution >= 4 is 11.7 Å². The molecule has 0 saturated heterocycles. The van der Waals surface area contributed by atoms with Crippen LogP contribution in [0.15, 0.2) is 30.3 Å². The summed E-state index contributed by atoms with van der Waals surface area (Å²) < 4.78 is 2.26. The van der Waals surface area contributed by atoms with Crippen LogP contribution >= 0.6 is 0 Å². The number of carbonyl (C=O) groups excluding carboxylic acids is 2. The Morgan fingerprint density at radius 3 is 2.67 bits per heavy atom. The summed E-state index contributed by atoms with van der Waals surface area (Å²) in [4.78, 5) is 25.3. The number of hydrogen-bond acceptors (Lipinski definition) is 2. The highest BCUT2D eigenvalue weighted by molar-refractivity contribution is 6.01. The summed E-state index contributed by atoms with van der Waals surface area (Å²) in [6, 6.07) is 10.6. The Balaban J connectivity index is 1.64. The summed E-state index contributed by atoms with van der Waals surface area (Å²) in [7, 11) is 0. The van der Waals surface area contributed by atoms with E-state index in [0.717, 1.165) is 41.9 Å². The van der Waals surface area contributed by atoms with E-state index >= 15 is 0 Å². The zero-order chi connectivity index (χ0) is 19.0. The third-order valence-corrected chi connectivity index (χ3v) is 6.09. The van der Waals surface area contributed by atoms with Crippen molar-refractivity contribution in [3.63, 3.8) is 0 Å². The summed E-state index contributed by atoms with van der Waals surface area (Å²) in [5.74, 6) is 0.869. The summed E-state index contributed by atoms with van der Waals surface area (Å²) in [6.45, 7) is 4.90. The van der Waals surface area contributed by atoms with E-state index in [9.17, 15) is 9.59 Å². The van der Waals surface area contributed by atoms with Crippen molar-refractivity contribution < 1.29 is 9.59 Å². The Morgan fingerprint density at radius 1 is 1.22 bits per heavy atom. The predicted molar refractivity (Wildman–Crippen MR) is 106 cm³/mol. The lowest BCUT2D eigenvalue weighted by atomic mass is 9.92. The smallest absolute Gasteiger partial charge is 0.224 e. The van der Waals surface area contributed by atoms with Gasteiger partial charge in [-0.05, 0) is 56.6 Å². The van der Waals surface area contributed by atoms with Gasteiger partial charge in [0.25, 0.3) is 0 Å². The summed E-state index contributed by atoms with van der Waals surface area (Å²) in [5, 5.41) is 3.14. The monoisotopic (exact) mass is 364 g/mol. The van der Waals surface area contributed by atoms with Crippen LogP contribution in [-0.4, -0.2) is 22.3 Å². The number of nitrogens with zero attached hydrogens (tertiary/aromatic N) is 1. The zero-order valence-electron chi connectivity index (χ0n) is 16.3. The molecule has 0 spiro atoms. The molecule has 1 aromatic heterocycles. The number of nitrogens with one attached hydrogen (secondary N) is 1. The molecule has 4 rings (SSSR count). The second-order valence-corrected chi connectivity index (χ2v) is 8.10. The molecule has 4 nitrogen and oxygen atoms in total. The molecule has 0 unspecified atom stereocenters. The van der Waals surface area contributed by atoms with Gasteiger partial charge in [0, 0.05) is 36.0 Å². The molecule has 0 bridgehead atoms. The molecule has 142 valence electrons. The van der Waals surface area contributed by atoms with Crippen molar-refractivity contribution in [3.8, 4) is 0 Å². The van der Waals surface area contributed by atoms with E-state index in [0.29, 0.717) is 18.8 Å². The summed E-state index contributed by atoms with van der Waals surface area (Å²) in [6.07, 6.45) is 5.13. The van der Waals surface area contributed by atoms with Gasteiger partial charge in [0.1, 0.15) is 0 Å². The molecular formula is C23H28N2O2. The van der Waals surface area contributed by atoms with E-state index in [2.05, 4.69) is 35.9 Å². The first-order valence-corrected chi connectivity index (χ1v) is 10.1. The predicted octanol–water partition coefficient (Wildman–Crippen LogP) is 3.82. The SMILES string of the molecule is Cc1c(CC(=O)N[C@@H](C)C2CC2)c2c(n1Cc1ccccc1)CCCC2=O. The molecule has 27 heavy (non-hydrogen) atoms. The Morgan fingerprint density at radius 2 is 1.96 bits per heavy atom. The van der Waals surface area contributed by atoms with Crippen LogP contribution in [-0.2, 0) is 24.2 Å². The number of fused-ring (bicyclic) bond motifs is 1. The first-order valence-electron chi connectivity index (χ1n) is 10.1. The first kappa shape index (κ1) is 18.0. The van der Waals surface area contributed by atoms with Crippen LogP contribution in [0.5, 0.6) is 0 Å². The molecule has 1 atom stereocenters. The fraction of sp³-hybridized carbons (Fsp3) is 0.478. The topological polar surface area (TPSA) is 51.1 Å². The van der Waals surface area contributed by atoms with Crippen LogP contribution < -0.4 is 5.32 Å². The van der Waals surface area contributed by atoms with E-state index in [4.69, 9.17) is 0 Å². The number of ketones is 1. The number of hydrogen-bond donors (Lipinski definition) is 1. The van der Waals surface area contributed by atoms with Crippen molar-refractivity contribution in [2.45, 2.75) is 65.0 Å².